The lowest BCUT2D eigenvalue weighted by Gasteiger charge is -2.07. The summed E-state index contributed by atoms with van der Waals surface area (Å²) >= 11 is 13.0. The normalized spacial score (nSPS) is 11.4. The minimum Gasteiger partial charge on any atom is -0.298 e. The topological polar surface area (TPSA) is 42.0 Å². The van der Waals surface area contributed by atoms with Crippen LogP contribution in [0.3, 0.4) is 0 Å². The number of amides is 1. The average molecular weight is 417 g/mol. The number of hydrogen-bond acceptors (Lipinski definition) is 3. The number of alkyl halides is 3. The van der Waals surface area contributed by atoms with Crippen molar-refractivity contribution in [2.45, 2.75) is 6.18 Å². The number of carbonyl (C=O) groups excluding carboxylic acids is 1. The van der Waals surface area contributed by atoms with Gasteiger partial charge in [-0.3, -0.25) is 10.1 Å². The first-order chi connectivity index (χ1) is 12.3. The van der Waals surface area contributed by atoms with E-state index in [0.717, 1.165) is 23.5 Å². The number of anilines is 1. The van der Waals surface area contributed by atoms with E-state index in [-0.39, 0.29) is 20.7 Å². The lowest BCUT2D eigenvalue weighted by molar-refractivity contribution is -0.137. The largest absolute Gasteiger partial charge is 0.416 e. The number of benzene rings is 2. The second-order valence-electron chi connectivity index (χ2n) is 5.17. The molecular weight excluding hydrogens is 408 g/mol. The molecule has 0 saturated carbocycles. The van der Waals surface area contributed by atoms with Crippen LogP contribution in [0.4, 0.5) is 18.3 Å². The van der Waals surface area contributed by atoms with Crippen molar-refractivity contribution in [2.75, 3.05) is 5.32 Å². The fourth-order valence-electron chi connectivity index (χ4n) is 2.16. The number of aromatic nitrogens is 1. The van der Waals surface area contributed by atoms with Crippen LogP contribution in [0.1, 0.15) is 15.9 Å². The lowest BCUT2D eigenvalue weighted by atomic mass is 10.1. The predicted octanol–water partition coefficient (Wildman–Crippen LogP) is 6.39. The highest BCUT2D eigenvalue weighted by Crippen LogP contribution is 2.33. The van der Waals surface area contributed by atoms with Gasteiger partial charge in [0, 0.05) is 10.9 Å². The van der Waals surface area contributed by atoms with Gasteiger partial charge in [0.1, 0.15) is 0 Å². The third-order valence-electron chi connectivity index (χ3n) is 3.41. The molecule has 0 bridgehead atoms. The van der Waals surface area contributed by atoms with Crippen molar-refractivity contribution in [3.05, 3.63) is 69.0 Å². The maximum atomic E-state index is 12.8. The molecule has 1 N–H and O–H groups in total. The summed E-state index contributed by atoms with van der Waals surface area (Å²) in [4.78, 5) is 16.4. The number of carbonyl (C=O) groups is 1. The van der Waals surface area contributed by atoms with Crippen LogP contribution in [0.15, 0.2) is 47.8 Å². The maximum absolute atomic E-state index is 12.8. The van der Waals surface area contributed by atoms with E-state index < -0.39 is 17.6 Å². The van der Waals surface area contributed by atoms with E-state index in [1.165, 1.54) is 18.2 Å². The van der Waals surface area contributed by atoms with Crippen molar-refractivity contribution in [1.29, 1.82) is 0 Å². The third-order valence-corrected chi connectivity index (χ3v) is 4.98. The van der Waals surface area contributed by atoms with Gasteiger partial charge < -0.3 is 0 Å². The summed E-state index contributed by atoms with van der Waals surface area (Å²) in [5.41, 5.74) is 0.0419. The molecule has 9 heteroatoms. The highest BCUT2D eigenvalue weighted by molar-refractivity contribution is 7.14. The molecule has 0 radical (unpaired) electrons. The lowest BCUT2D eigenvalue weighted by Crippen LogP contribution is -2.12. The van der Waals surface area contributed by atoms with Crippen LogP contribution in [-0.2, 0) is 6.18 Å². The molecule has 0 unspecified atom stereocenters. The molecule has 2 aromatic carbocycles. The van der Waals surface area contributed by atoms with Gasteiger partial charge in [-0.15, -0.1) is 11.3 Å². The molecule has 3 nitrogen and oxygen atoms in total. The quantitative estimate of drug-likeness (QED) is 0.537. The number of rotatable bonds is 3. The van der Waals surface area contributed by atoms with Crippen LogP contribution in [0, 0.1) is 0 Å². The molecular formula is C17H9Cl2F3N2OS. The van der Waals surface area contributed by atoms with Gasteiger partial charge >= 0.3 is 6.18 Å². The first-order valence-corrected chi connectivity index (χ1v) is 8.78. The van der Waals surface area contributed by atoms with Crippen molar-refractivity contribution < 1.29 is 18.0 Å². The van der Waals surface area contributed by atoms with Crippen LogP contribution < -0.4 is 5.32 Å². The molecule has 1 amide bonds. The molecule has 1 heterocycles. The summed E-state index contributed by atoms with van der Waals surface area (Å²) in [5.74, 6) is -0.512. The minimum absolute atomic E-state index is 0.112. The Morgan fingerprint density at radius 2 is 1.85 bits per heavy atom. The molecule has 0 spiro atoms. The predicted molar refractivity (Wildman–Crippen MR) is 97.0 cm³/mol. The van der Waals surface area contributed by atoms with Gasteiger partial charge in [0.15, 0.2) is 5.13 Å². The Morgan fingerprint density at radius 1 is 1.12 bits per heavy atom. The molecule has 0 saturated heterocycles. The van der Waals surface area contributed by atoms with Gasteiger partial charge in [-0.25, -0.2) is 4.98 Å². The Kier molecular flexibility index (Phi) is 5.22. The number of thiazole rings is 1. The minimum atomic E-state index is -4.44. The van der Waals surface area contributed by atoms with E-state index in [9.17, 15) is 18.0 Å². The van der Waals surface area contributed by atoms with Gasteiger partial charge in [0.05, 0.1) is 26.9 Å². The molecule has 0 fully saturated rings. The number of nitrogens with zero attached hydrogens (tertiary/aromatic N) is 1. The molecule has 0 aliphatic heterocycles. The van der Waals surface area contributed by atoms with Crippen LogP contribution in [0.2, 0.25) is 10.0 Å². The summed E-state index contributed by atoms with van der Waals surface area (Å²) in [7, 11) is 0. The Bertz CT molecular complexity index is 973. The smallest absolute Gasteiger partial charge is 0.298 e. The van der Waals surface area contributed by atoms with E-state index in [4.69, 9.17) is 23.2 Å². The summed E-state index contributed by atoms with van der Waals surface area (Å²) in [6, 6.07) is 9.46. The van der Waals surface area contributed by atoms with Gasteiger partial charge in [-0.2, -0.15) is 13.2 Å². The Balaban J connectivity index is 1.82. The van der Waals surface area contributed by atoms with Crippen molar-refractivity contribution >= 4 is 45.6 Å². The highest BCUT2D eigenvalue weighted by Gasteiger charge is 2.30. The summed E-state index contributed by atoms with van der Waals surface area (Å²) in [5, 5.41) is 4.71. The summed E-state index contributed by atoms with van der Waals surface area (Å²) in [6.45, 7) is 0. The summed E-state index contributed by atoms with van der Waals surface area (Å²) in [6.07, 6.45) is -4.44. The molecule has 0 atom stereocenters. The Morgan fingerprint density at radius 3 is 2.58 bits per heavy atom. The Labute approximate surface area is 160 Å². The van der Waals surface area contributed by atoms with E-state index in [0.29, 0.717) is 11.3 Å². The fourth-order valence-corrected chi connectivity index (χ4v) is 3.26. The van der Waals surface area contributed by atoms with Crippen molar-refractivity contribution in [3.8, 4) is 11.3 Å². The molecule has 3 aromatic rings. The van der Waals surface area contributed by atoms with Crippen molar-refractivity contribution in [1.82, 2.24) is 4.98 Å². The molecule has 134 valence electrons. The maximum Gasteiger partial charge on any atom is 0.416 e. The standard InChI is InChI=1S/C17H9Cl2F3N2OS/c18-12-6-2-5-11(14(12)19)15(25)24-16-23-13(8-26-16)9-3-1-4-10(7-9)17(20,21)22/h1-8H,(H,23,24,25). The zero-order valence-corrected chi connectivity index (χ0v) is 15.1. The number of nitrogens with one attached hydrogen (secondary N) is 1. The molecule has 1 aromatic heterocycles. The molecule has 3 rings (SSSR count). The first-order valence-electron chi connectivity index (χ1n) is 7.14. The molecule has 0 aliphatic rings. The Hall–Kier alpha value is -2.09. The second kappa shape index (κ2) is 7.26. The van der Waals surface area contributed by atoms with Crippen molar-refractivity contribution in [2.24, 2.45) is 0 Å². The van der Waals surface area contributed by atoms with Crippen LogP contribution in [0.5, 0.6) is 0 Å². The molecule has 0 aliphatic carbocycles. The van der Waals surface area contributed by atoms with E-state index in [2.05, 4.69) is 10.3 Å². The number of halogens is 5. The third kappa shape index (κ3) is 4.00. The van der Waals surface area contributed by atoms with Crippen LogP contribution >= 0.6 is 34.5 Å². The SMILES string of the molecule is O=C(Nc1nc(-c2cccc(C(F)(F)F)c2)cs1)c1cccc(Cl)c1Cl. The highest BCUT2D eigenvalue weighted by atomic mass is 35.5. The zero-order valence-electron chi connectivity index (χ0n) is 12.8. The van der Waals surface area contributed by atoms with Crippen LogP contribution in [-0.4, -0.2) is 10.9 Å². The van der Waals surface area contributed by atoms with Crippen molar-refractivity contribution in [3.63, 3.8) is 0 Å². The van der Waals surface area contributed by atoms with Gasteiger partial charge in [0.2, 0.25) is 0 Å². The number of hydrogen-bond donors (Lipinski definition) is 1. The molecule has 26 heavy (non-hydrogen) atoms. The zero-order chi connectivity index (χ0) is 18.9. The second-order valence-corrected chi connectivity index (χ2v) is 6.82. The average Bonchev–Trinajstić information content (AvgIpc) is 3.05. The van der Waals surface area contributed by atoms with E-state index >= 15 is 0 Å². The summed E-state index contributed by atoms with van der Waals surface area (Å²) < 4.78 is 38.5. The van der Waals surface area contributed by atoms with Gasteiger partial charge in [0.25, 0.3) is 5.91 Å². The first kappa shape index (κ1) is 18.7. The van der Waals surface area contributed by atoms with Crippen LogP contribution in [0.25, 0.3) is 11.3 Å². The van der Waals surface area contributed by atoms with Gasteiger partial charge in [-0.05, 0) is 24.3 Å². The van der Waals surface area contributed by atoms with Gasteiger partial charge in [-0.1, -0.05) is 41.4 Å². The van der Waals surface area contributed by atoms with E-state index in [1.54, 1.807) is 17.5 Å². The van der Waals surface area contributed by atoms with E-state index in [1.807, 2.05) is 0 Å². The fraction of sp³-hybridized carbons (Fsp3) is 0.0588. The monoisotopic (exact) mass is 416 g/mol.